The number of halogens is 1. The topological polar surface area (TPSA) is 68.7 Å². The van der Waals surface area contributed by atoms with Crippen LogP contribution in [0.4, 0.5) is 0 Å². The molecule has 0 unspecified atom stereocenters. The van der Waals surface area contributed by atoms with E-state index >= 15 is 0 Å². The summed E-state index contributed by atoms with van der Waals surface area (Å²) in [5.74, 6) is -0.254. The molecule has 5 nitrogen and oxygen atoms in total. The number of carboxylic acid groups (broad SMARTS) is 1. The lowest BCUT2D eigenvalue weighted by Crippen LogP contribution is -2.28. The summed E-state index contributed by atoms with van der Waals surface area (Å²) in [5, 5.41) is 11.5. The monoisotopic (exact) mass is 459 g/mol. The van der Waals surface area contributed by atoms with Crippen molar-refractivity contribution in [3.63, 3.8) is 0 Å². The molecule has 2 aromatic heterocycles. The van der Waals surface area contributed by atoms with Crippen LogP contribution < -0.4 is 4.74 Å². The molecule has 3 aromatic rings. The number of hydrogen-bond donors (Lipinski definition) is 1. The summed E-state index contributed by atoms with van der Waals surface area (Å²) in [7, 11) is 0. The van der Waals surface area contributed by atoms with Gasteiger partial charge in [0.25, 0.3) is 0 Å². The summed E-state index contributed by atoms with van der Waals surface area (Å²) in [4.78, 5) is 19.1. The molecule has 4 rings (SSSR count). The van der Waals surface area contributed by atoms with Crippen molar-refractivity contribution in [3.8, 4) is 16.9 Å². The fraction of sp³-hybridized carbons (Fsp3) is 0.417. The van der Waals surface area contributed by atoms with Crippen molar-refractivity contribution in [2.45, 2.75) is 59.2 Å². The molecule has 0 spiro atoms. The molecule has 31 heavy (non-hydrogen) atoms. The summed E-state index contributed by atoms with van der Waals surface area (Å²) < 4.78 is 11.8. The average Bonchev–Trinajstić information content (AvgIpc) is 3.03. The number of aromatic nitrogens is 1. The van der Waals surface area contributed by atoms with Crippen LogP contribution in [0, 0.1) is 13.8 Å². The molecule has 164 valence electrons. The lowest BCUT2D eigenvalue weighted by atomic mass is 9.90. The fourth-order valence-electron chi connectivity index (χ4n) is 4.07. The van der Waals surface area contributed by atoms with Crippen molar-refractivity contribution >= 4 is 39.1 Å². The second-order valence-electron chi connectivity index (χ2n) is 8.90. The highest BCUT2D eigenvalue weighted by Crippen LogP contribution is 2.45. The minimum Gasteiger partial charge on any atom is -0.493 e. The summed E-state index contributed by atoms with van der Waals surface area (Å²) in [5.41, 5.74) is 3.17. The molecule has 7 heteroatoms. The number of fused-ring (bicyclic) bond motifs is 2. The van der Waals surface area contributed by atoms with Crippen molar-refractivity contribution < 1.29 is 19.4 Å². The van der Waals surface area contributed by atoms with Crippen LogP contribution in [0.15, 0.2) is 18.2 Å². The zero-order valence-electron chi connectivity index (χ0n) is 18.3. The van der Waals surface area contributed by atoms with Crippen molar-refractivity contribution in [3.05, 3.63) is 44.9 Å². The SMILES string of the molecule is Cc1cc2c(-c3cc4c(cc3Cl)OCCC4)c([C@H](OC(C)(C)C)C(=O)O)c(C)nc2s1. The molecular formula is C24H26ClNO4S. The molecule has 0 bridgehead atoms. The molecule has 1 aliphatic heterocycles. The first-order chi connectivity index (χ1) is 14.5. The van der Waals surface area contributed by atoms with E-state index in [-0.39, 0.29) is 0 Å². The average molecular weight is 460 g/mol. The number of nitrogens with zero attached hydrogens (tertiary/aromatic N) is 1. The number of pyridine rings is 1. The highest BCUT2D eigenvalue weighted by Gasteiger charge is 2.33. The Labute approximate surface area is 191 Å². The molecule has 1 aliphatic rings. The molecule has 1 aromatic carbocycles. The van der Waals surface area contributed by atoms with E-state index in [1.807, 2.05) is 52.8 Å². The number of rotatable bonds is 4. The van der Waals surface area contributed by atoms with Gasteiger partial charge in [-0.05, 0) is 71.2 Å². The van der Waals surface area contributed by atoms with Gasteiger partial charge in [0.1, 0.15) is 10.6 Å². The number of carboxylic acids is 1. The Morgan fingerprint density at radius 1 is 1.29 bits per heavy atom. The van der Waals surface area contributed by atoms with Gasteiger partial charge in [-0.1, -0.05) is 11.6 Å². The standard InChI is InChI=1S/C24H26ClNO4S/c1-12-9-16-20(15-10-14-7-6-8-29-18(14)11-17(15)25)19(13(2)26-22(16)31-12)21(23(27)28)30-24(3,4)5/h9-11,21H,6-8H2,1-5H3,(H,27,28)/t21-/m0/s1. The number of aryl methyl sites for hydroxylation is 3. The third-order valence-corrected chi connectivity index (χ3v) is 6.52. The van der Waals surface area contributed by atoms with E-state index in [2.05, 4.69) is 0 Å². The first-order valence-electron chi connectivity index (χ1n) is 10.3. The van der Waals surface area contributed by atoms with E-state index in [9.17, 15) is 9.90 Å². The largest absolute Gasteiger partial charge is 0.493 e. The fourth-order valence-corrected chi connectivity index (χ4v) is 5.25. The predicted molar refractivity (Wildman–Crippen MR) is 125 cm³/mol. The molecule has 3 heterocycles. The van der Waals surface area contributed by atoms with Gasteiger partial charge in [0.15, 0.2) is 6.10 Å². The summed E-state index contributed by atoms with van der Waals surface area (Å²) >= 11 is 8.34. The lowest BCUT2D eigenvalue weighted by molar-refractivity contribution is -0.160. The van der Waals surface area contributed by atoms with Gasteiger partial charge in [0.2, 0.25) is 0 Å². The van der Waals surface area contributed by atoms with Gasteiger partial charge < -0.3 is 14.6 Å². The van der Waals surface area contributed by atoms with Crippen LogP contribution >= 0.6 is 22.9 Å². The zero-order valence-corrected chi connectivity index (χ0v) is 19.9. The van der Waals surface area contributed by atoms with E-state index in [1.54, 1.807) is 11.3 Å². The third-order valence-electron chi connectivity index (χ3n) is 5.26. The molecule has 0 aliphatic carbocycles. The maximum absolute atomic E-state index is 12.4. The van der Waals surface area contributed by atoms with Gasteiger partial charge in [0.05, 0.1) is 17.2 Å². The second kappa shape index (κ2) is 8.08. The van der Waals surface area contributed by atoms with Crippen LogP contribution in [0.1, 0.15) is 55.0 Å². The molecule has 1 N–H and O–H groups in total. The van der Waals surface area contributed by atoms with Crippen LogP contribution in [0.5, 0.6) is 5.75 Å². The first-order valence-corrected chi connectivity index (χ1v) is 11.5. The Hall–Kier alpha value is -2.15. The smallest absolute Gasteiger partial charge is 0.337 e. The lowest BCUT2D eigenvalue weighted by Gasteiger charge is -2.28. The molecular weight excluding hydrogens is 434 g/mol. The van der Waals surface area contributed by atoms with Crippen LogP contribution in [0.25, 0.3) is 21.3 Å². The highest BCUT2D eigenvalue weighted by atomic mass is 35.5. The van der Waals surface area contributed by atoms with Gasteiger partial charge in [-0.15, -0.1) is 11.3 Å². The van der Waals surface area contributed by atoms with Gasteiger partial charge in [-0.3, -0.25) is 0 Å². The van der Waals surface area contributed by atoms with Gasteiger partial charge >= 0.3 is 5.97 Å². The Kier molecular flexibility index (Phi) is 5.75. The van der Waals surface area contributed by atoms with E-state index in [0.29, 0.717) is 22.9 Å². The van der Waals surface area contributed by atoms with Crippen LogP contribution in [-0.2, 0) is 16.0 Å². The molecule has 1 atom stereocenters. The Balaban J connectivity index is 2.06. The normalized spacial score (nSPS) is 14.9. The molecule has 0 radical (unpaired) electrons. The minimum absolute atomic E-state index is 0.526. The molecule has 0 amide bonds. The molecule has 0 saturated heterocycles. The van der Waals surface area contributed by atoms with Gasteiger partial charge in [-0.2, -0.15) is 0 Å². The Morgan fingerprint density at radius 2 is 2.03 bits per heavy atom. The van der Waals surface area contributed by atoms with Gasteiger partial charge in [-0.25, -0.2) is 9.78 Å². The third kappa shape index (κ3) is 4.29. The van der Waals surface area contributed by atoms with Crippen LogP contribution in [0.2, 0.25) is 5.02 Å². The number of ether oxygens (including phenoxy) is 2. The van der Waals surface area contributed by atoms with Crippen molar-refractivity contribution in [2.75, 3.05) is 6.61 Å². The summed E-state index contributed by atoms with van der Waals surface area (Å²) in [6.07, 6.45) is 0.662. The van der Waals surface area contributed by atoms with Crippen molar-refractivity contribution in [1.82, 2.24) is 4.98 Å². The van der Waals surface area contributed by atoms with E-state index in [4.69, 9.17) is 26.1 Å². The summed E-state index contributed by atoms with van der Waals surface area (Å²) in [6.45, 7) is 10.1. The number of thiophene rings is 1. The van der Waals surface area contributed by atoms with E-state index < -0.39 is 17.7 Å². The first kappa shape index (κ1) is 22.1. The highest BCUT2D eigenvalue weighted by molar-refractivity contribution is 7.18. The Bertz CT molecular complexity index is 1180. The molecule has 0 fully saturated rings. The van der Waals surface area contributed by atoms with Crippen molar-refractivity contribution in [1.29, 1.82) is 0 Å². The quantitative estimate of drug-likeness (QED) is 0.482. The van der Waals surface area contributed by atoms with Crippen LogP contribution in [-0.4, -0.2) is 28.3 Å². The second-order valence-corrected chi connectivity index (χ2v) is 10.5. The maximum atomic E-state index is 12.4. The maximum Gasteiger partial charge on any atom is 0.337 e. The van der Waals surface area contributed by atoms with Crippen LogP contribution in [0.3, 0.4) is 0 Å². The minimum atomic E-state index is -1.17. The number of hydrogen-bond acceptors (Lipinski definition) is 5. The van der Waals surface area contributed by atoms with Crippen molar-refractivity contribution in [2.24, 2.45) is 0 Å². The molecule has 0 saturated carbocycles. The number of benzene rings is 1. The van der Waals surface area contributed by atoms with E-state index in [1.165, 1.54) is 0 Å². The predicted octanol–water partition coefficient (Wildman–Crippen LogP) is 6.50. The number of aliphatic carboxylic acids is 1. The number of carbonyl (C=O) groups is 1. The zero-order chi connectivity index (χ0) is 22.5. The van der Waals surface area contributed by atoms with Gasteiger partial charge in [0, 0.05) is 32.6 Å². The Morgan fingerprint density at radius 3 is 2.71 bits per heavy atom. The van der Waals surface area contributed by atoms with E-state index in [0.717, 1.165) is 50.4 Å². The summed E-state index contributed by atoms with van der Waals surface area (Å²) in [6, 6.07) is 5.93.